The number of methoxy groups -OCH3 is 1. The molecule has 9 heteroatoms. The number of hydrogen-bond acceptors (Lipinski definition) is 8. The van der Waals surface area contributed by atoms with Crippen molar-refractivity contribution in [1.29, 1.82) is 0 Å². The molecule has 2 fully saturated rings. The van der Waals surface area contributed by atoms with E-state index in [1.165, 1.54) is 38.0 Å². The minimum Gasteiger partial charge on any atom is -0.480 e. The van der Waals surface area contributed by atoms with Gasteiger partial charge in [0.1, 0.15) is 11.5 Å². The van der Waals surface area contributed by atoms with Gasteiger partial charge in [-0.1, -0.05) is 12.1 Å². The second-order valence-corrected chi connectivity index (χ2v) is 9.78. The van der Waals surface area contributed by atoms with Crippen LogP contribution in [0.2, 0.25) is 0 Å². The fourth-order valence-electron chi connectivity index (χ4n) is 5.44. The van der Waals surface area contributed by atoms with Gasteiger partial charge >= 0.3 is 0 Å². The molecule has 2 saturated heterocycles. The summed E-state index contributed by atoms with van der Waals surface area (Å²) in [4.78, 5) is 34.1. The number of nitrogens with one attached hydrogen (secondary N) is 2. The van der Waals surface area contributed by atoms with Crippen molar-refractivity contribution in [3.63, 3.8) is 0 Å². The summed E-state index contributed by atoms with van der Waals surface area (Å²) in [6.45, 7) is 5.92. The standard InChI is InChI=1S/C28H31N7O2/c1-37-25-17-29-16-24(32-25)23-15-20-8-10-30-28(36)26(20)27(33-23)31-21-6-4-19(5-7-21)9-12-34-13-14-35-11-2-3-22(35)18-34/h4-8,10,15-17,22H,2-3,9,11-14,18H2,1H3,(H,30,36)(H,31,33). The highest BCUT2D eigenvalue weighted by molar-refractivity contribution is 5.94. The van der Waals surface area contributed by atoms with Crippen LogP contribution in [0.4, 0.5) is 11.5 Å². The smallest absolute Gasteiger partial charge is 0.259 e. The van der Waals surface area contributed by atoms with E-state index in [0.29, 0.717) is 28.5 Å². The minimum atomic E-state index is -0.199. The van der Waals surface area contributed by atoms with Crippen LogP contribution < -0.4 is 15.6 Å². The first-order valence-electron chi connectivity index (χ1n) is 12.9. The average molecular weight is 498 g/mol. The highest BCUT2D eigenvalue weighted by atomic mass is 16.5. The number of nitrogens with zero attached hydrogens (tertiary/aromatic N) is 5. The molecule has 5 heterocycles. The van der Waals surface area contributed by atoms with Gasteiger partial charge < -0.3 is 19.9 Å². The summed E-state index contributed by atoms with van der Waals surface area (Å²) >= 11 is 0. The number of piperazine rings is 1. The van der Waals surface area contributed by atoms with Gasteiger partial charge in [-0.15, -0.1) is 0 Å². The highest BCUT2D eigenvalue weighted by Gasteiger charge is 2.30. The molecule has 2 aliphatic rings. The number of aromatic nitrogens is 4. The molecule has 0 spiro atoms. The highest BCUT2D eigenvalue weighted by Crippen LogP contribution is 2.28. The van der Waals surface area contributed by atoms with E-state index >= 15 is 0 Å². The van der Waals surface area contributed by atoms with Crippen molar-refractivity contribution in [2.24, 2.45) is 0 Å². The molecule has 190 valence electrons. The van der Waals surface area contributed by atoms with Crippen molar-refractivity contribution >= 4 is 22.3 Å². The number of fused-ring (bicyclic) bond motifs is 2. The van der Waals surface area contributed by atoms with Crippen molar-refractivity contribution in [2.75, 3.05) is 45.2 Å². The van der Waals surface area contributed by atoms with E-state index in [0.717, 1.165) is 36.6 Å². The summed E-state index contributed by atoms with van der Waals surface area (Å²) in [7, 11) is 1.55. The van der Waals surface area contributed by atoms with Crippen LogP contribution in [0.5, 0.6) is 5.88 Å². The van der Waals surface area contributed by atoms with Crippen LogP contribution in [-0.2, 0) is 6.42 Å². The van der Waals surface area contributed by atoms with Crippen LogP contribution in [0.1, 0.15) is 18.4 Å². The second kappa shape index (κ2) is 10.3. The Bertz CT molecular complexity index is 1450. The molecule has 6 rings (SSSR count). The van der Waals surface area contributed by atoms with E-state index in [1.54, 1.807) is 25.7 Å². The first-order chi connectivity index (χ1) is 18.2. The Morgan fingerprint density at radius 1 is 1.08 bits per heavy atom. The molecule has 4 aromatic rings. The third-order valence-corrected chi connectivity index (χ3v) is 7.44. The largest absolute Gasteiger partial charge is 0.480 e. The third-order valence-electron chi connectivity index (χ3n) is 7.44. The molecular weight excluding hydrogens is 466 g/mol. The van der Waals surface area contributed by atoms with E-state index < -0.39 is 0 Å². The van der Waals surface area contributed by atoms with Crippen LogP contribution in [0.25, 0.3) is 22.2 Å². The zero-order chi connectivity index (χ0) is 25.2. The zero-order valence-corrected chi connectivity index (χ0v) is 21.0. The fraction of sp³-hybridized carbons (Fsp3) is 0.357. The van der Waals surface area contributed by atoms with Gasteiger partial charge in [0.05, 0.1) is 30.6 Å². The van der Waals surface area contributed by atoms with Gasteiger partial charge in [0, 0.05) is 44.1 Å². The van der Waals surface area contributed by atoms with E-state index in [1.807, 2.05) is 24.3 Å². The maximum absolute atomic E-state index is 12.7. The van der Waals surface area contributed by atoms with Crippen molar-refractivity contribution in [3.05, 3.63) is 70.9 Å². The van der Waals surface area contributed by atoms with E-state index in [9.17, 15) is 4.79 Å². The number of aromatic amines is 1. The minimum absolute atomic E-state index is 0.199. The summed E-state index contributed by atoms with van der Waals surface area (Å²) < 4.78 is 5.22. The van der Waals surface area contributed by atoms with Crippen LogP contribution in [-0.4, -0.2) is 75.6 Å². The van der Waals surface area contributed by atoms with Gasteiger partial charge in [-0.3, -0.25) is 14.7 Å². The van der Waals surface area contributed by atoms with Gasteiger partial charge in [-0.2, -0.15) is 0 Å². The maximum Gasteiger partial charge on any atom is 0.259 e. The number of benzene rings is 1. The fourth-order valence-corrected chi connectivity index (χ4v) is 5.44. The molecule has 37 heavy (non-hydrogen) atoms. The van der Waals surface area contributed by atoms with E-state index in [4.69, 9.17) is 9.72 Å². The molecule has 0 bridgehead atoms. The first kappa shape index (κ1) is 23.6. The number of pyridine rings is 2. The zero-order valence-electron chi connectivity index (χ0n) is 21.0. The molecule has 1 atom stereocenters. The van der Waals surface area contributed by atoms with Crippen LogP contribution in [0.15, 0.2) is 59.8 Å². The van der Waals surface area contributed by atoms with E-state index in [-0.39, 0.29) is 5.56 Å². The van der Waals surface area contributed by atoms with Gasteiger partial charge in [-0.25, -0.2) is 9.97 Å². The number of H-pyrrole nitrogens is 1. The molecule has 0 radical (unpaired) electrons. The summed E-state index contributed by atoms with van der Waals surface area (Å²) in [6, 6.07) is 12.9. The Morgan fingerprint density at radius 2 is 1.97 bits per heavy atom. The summed E-state index contributed by atoms with van der Waals surface area (Å²) in [5, 5.41) is 4.62. The van der Waals surface area contributed by atoms with Gasteiger partial charge in [0.15, 0.2) is 0 Å². The lowest BCUT2D eigenvalue weighted by molar-refractivity contribution is 0.105. The Balaban J connectivity index is 1.20. The van der Waals surface area contributed by atoms with E-state index in [2.05, 4.69) is 42.2 Å². The quantitative estimate of drug-likeness (QED) is 0.401. The molecule has 2 N–H and O–H groups in total. The first-order valence-corrected chi connectivity index (χ1v) is 12.9. The van der Waals surface area contributed by atoms with Crippen molar-refractivity contribution in [3.8, 4) is 17.3 Å². The summed E-state index contributed by atoms with van der Waals surface area (Å²) in [5.41, 5.74) is 3.14. The molecule has 1 unspecified atom stereocenters. The molecule has 2 aliphatic heterocycles. The lowest BCUT2D eigenvalue weighted by atomic mass is 10.1. The maximum atomic E-state index is 12.7. The topological polar surface area (TPSA) is 99.3 Å². The van der Waals surface area contributed by atoms with Crippen LogP contribution >= 0.6 is 0 Å². The van der Waals surface area contributed by atoms with Crippen LogP contribution in [0, 0.1) is 0 Å². The number of hydrogen-bond donors (Lipinski definition) is 2. The molecule has 0 saturated carbocycles. The molecular formula is C28H31N7O2. The number of ether oxygens (including phenoxy) is 1. The Hall–Kier alpha value is -3.82. The normalized spacial score (nSPS) is 18.1. The monoisotopic (exact) mass is 497 g/mol. The van der Waals surface area contributed by atoms with Crippen molar-refractivity contribution in [1.82, 2.24) is 29.7 Å². The number of rotatable bonds is 7. The van der Waals surface area contributed by atoms with Crippen molar-refractivity contribution < 1.29 is 4.74 Å². The van der Waals surface area contributed by atoms with Gasteiger partial charge in [0.2, 0.25) is 5.88 Å². The van der Waals surface area contributed by atoms with Gasteiger partial charge in [0.25, 0.3) is 5.56 Å². The number of anilines is 2. The molecule has 3 aromatic heterocycles. The second-order valence-electron chi connectivity index (χ2n) is 9.78. The Morgan fingerprint density at radius 3 is 2.84 bits per heavy atom. The van der Waals surface area contributed by atoms with Crippen molar-refractivity contribution in [2.45, 2.75) is 25.3 Å². The molecule has 0 amide bonds. The Kier molecular flexibility index (Phi) is 6.55. The molecule has 0 aliphatic carbocycles. The molecule has 9 nitrogen and oxygen atoms in total. The lowest BCUT2D eigenvalue weighted by Crippen LogP contribution is -2.50. The predicted octanol–water partition coefficient (Wildman–Crippen LogP) is 3.45. The SMILES string of the molecule is COc1cncc(-c2cc3cc[nH]c(=O)c3c(Nc3ccc(CCN4CCN5CCCC5C4)cc3)n2)n1. The third kappa shape index (κ3) is 5.05. The lowest BCUT2D eigenvalue weighted by Gasteiger charge is -2.37. The Labute approximate surface area is 215 Å². The average Bonchev–Trinajstić information content (AvgIpc) is 3.41. The molecule has 1 aromatic carbocycles. The summed E-state index contributed by atoms with van der Waals surface area (Å²) in [6.07, 6.45) is 8.53. The van der Waals surface area contributed by atoms with Gasteiger partial charge in [-0.05, 0) is 61.0 Å². The van der Waals surface area contributed by atoms with Crippen LogP contribution in [0.3, 0.4) is 0 Å². The predicted molar refractivity (Wildman–Crippen MR) is 144 cm³/mol. The summed E-state index contributed by atoms with van der Waals surface area (Å²) in [5.74, 6) is 0.877.